The minimum absolute atomic E-state index is 0.0570. The Balaban J connectivity index is 2.07. The Morgan fingerprint density at radius 3 is 2.95 bits per heavy atom. The molecule has 2 rings (SSSR count). The van der Waals surface area contributed by atoms with E-state index >= 15 is 0 Å². The van der Waals surface area contributed by atoms with Gasteiger partial charge in [0.25, 0.3) is 0 Å². The Labute approximate surface area is 129 Å². The minimum atomic E-state index is -0.593. The summed E-state index contributed by atoms with van der Waals surface area (Å²) >= 11 is 0. The van der Waals surface area contributed by atoms with Gasteiger partial charge in [-0.1, -0.05) is 29.7 Å². The highest BCUT2D eigenvalue weighted by atomic mass is 16.6. The summed E-state index contributed by atoms with van der Waals surface area (Å²) in [6.45, 7) is 10.4. The highest BCUT2D eigenvalue weighted by molar-refractivity contribution is 5.15. The fraction of sp³-hybridized carbons (Fsp3) is 0.684. The monoisotopic (exact) mass is 288 g/mol. The number of hydrogen-bond acceptors (Lipinski definition) is 2. The summed E-state index contributed by atoms with van der Waals surface area (Å²) in [6.07, 6.45) is 7.93. The minimum Gasteiger partial charge on any atom is -0.380 e. The zero-order valence-electron chi connectivity index (χ0n) is 13.6. The first kappa shape index (κ1) is 16.3. The molecule has 1 aliphatic heterocycles. The predicted molar refractivity (Wildman–Crippen MR) is 86.8 cm³/mol. The molecule has 4 atom stereocenters. The van der Waals surface area contributed by atoms with E-state index < -0.39 is 6.10 Å². The van der Waals surface area contributed by atoms with E-state index in [0.717, 1.165) is 44.1 Å². The Morgan fingerprint density at radius 2 is 2.24 bits per heavy atom. The van der Waals surface area contributed by atoms with Gasteiger partial charge in [-0.25, -0.2) is 0 Å². The van der Waals surface area contributed by atoms with Crippen LogP contribution in [0.1, 0.15) is 59.3 Å². The summed E-state index contributed by atoms with van der Waals surface area (Å²) in [6, 6.07) is 0. The van der Waals surface area contributed by atoms with E-state index in [-0.39, 0.29) is 11.5 Å². The van der Waals surface area contributed by atoms with Gasteiger partial charge in [0.15, 0.2) is 0 Å². The van der Waals surface area contributed by atoms with E-state index in [1.54, 1.807) is 0 Å². The SMILES string of the molecule is C=C(C)[C@@H]1CC/C(C)=C/CC[C@@]2(C)O[C@@H]2CCC#C[C@@H]1O. The third-order valence-corrected chi connectivity index (χ3v) is 4.81. The van der Waals surface area contributed by atoms with E-state index in [2.05, 4.69) is 38.3 Å². The van der Waals surface area contributed by atoms with Crippen LogP contribution in [0.4, 0.5) is 0 Å². The average Bonchev–Trinajstić information content (AvgIpc) is 3.04. The number of rotatable bonds is 1. The molecule has 0 bridgehead atoms. The average molecular weight is 288 g/mol. The molecular weight excluding hydrogens is 260 g/mol. The zero-order valence-corrected chi connectivity index (χ0v) is 13.6. The van der Waals surface area contributed by atoms with Crippen LogP contribution in [0, 0.1) is 17.8 Å². The molecule has 1 heterocycles. The molecule has 2 aliphatic rings. The van der Waals surface area contributed by atoms with Crippen LogP contribution in [0.3, 0.4) is 0 Å². The second-order valence-electron chi connectivity index (χ2n) is 6.80. The van der Waals surface area contributed by atoms with E-state index in [1.807, 2.05) is 6.92 Å². The lowest BCUT2D eigenvalue weighted by molar-refractivity contribution is 0.174. The number of aliphatic hydroxyl groups is 1. The van der Waals surface area contributed by atoms with Gasteiger partial charge < -0.3 is 9.84 Å². The van der Waals surface area contributed by atoms with Crippen molar-refractivity contribution >= 4 is 0 Å². The molecule has 0 unspecified atom stereocenters. The number of aliphatic hydroxyl groups excluding tert-OH is 1. The van der Waals surface area contributed by atoms with Crippen molar-refractivity contribution in [2.24, 2.45) is 5.92 Å². The van der Waals surface area contributed by atoms with Crippen LogP contribution < -0.4 is 0 Å². The summed E-state index contributed by atoms with van der Waals surface area (Å²) in [5.41, 5.74) is 2.47. The van der Waals surface area contributed by atoms with Gasteiger partial charge in [-0.15, -0.1) is 5.92 Å². The van der Waals surface area contributed by atoms with Crippen LogP contribution in [0.25, 0.3) is 0 Å². The lowest BCUT2D eigenvalue weighted by atomic mass is 9.88. The van der Waals surface area contributed by atoms with Crippen molar-refractivity contribution in [2.75, 3.05) is 0 Å². The molecule has 0 spiro atoms. The summed E-state index contributed by atoms with van der Waals surface area (Å²) in [4.78, 5) is 0. The first-order valence-electron chi connectivity index (χ1n) is 8.08. The molecule has 2 nitrogen and oxygen atoms in total. The third kappa shape index (κ3) is 4.46. The molecule has 0 saturated carbocycles. The fourth-order valence-corrected chi connectivity index (χ4v) is 3.12. The van der Waals surface area contributed by atoms with E-state index in [1.165, 1.54) is 5.57 Å². The van der Waals surface area contributed by atoms with Gasteiger partial charge in [-0.2, -0.15) is 0 Å². The van der Waals surface area contributed by atoms with Crippen molar-refractivity contribution in [3.05, 3.63) is 23.8 Å². The molecule has 0 amide bonds. The van der Waals surface area contributed by atoms with Gasteiger partial charge in [-0.3, -0.25) is 0 Å². The van der Waals surface area contributed by atoms with Crippen molar-refractivity contribution in [3.63, 3.8) is 0 Å². The van der Waals surface area contributed by atoms with Gasteiger partial charge in [-0.05, 0) is 52.9 Å². The second-order valence-corrected chi connectivity index (χ2v) is 6.80. The van der Waals surface area contributed by atoms with Gasteiger partial charge in [0.1, 0.15) is 6.10 Å². The summed E-state index contributed by atoms with van der Waals surface area (Å²) in [5, 5.41) is 10.3. The topological polar surface area (TPSA) is 32.8 Å². The first-order chi connectivity index (χ1) is 9.92. The Bertz CT molecular complexity index is 480. The van der Waals surface area contributed by atoms with Crippen molar-refractivity contribution in [1.82, 2.24) is 0 Å². The molecule has 1 saturated heterocycles. The van der Waals surface area contributed by atoms with Gasteiger partial charge in [0, 0.05) is 12.3 Å². The Hall–Kier alpha value is -1.04. The number of ether oxygens (including phenoxy) is 1. The molecule has 1 fully saturated rings. The van der Waals surface area contributed by atoms with Crippen LogP contribution in [0.15, 0.2) is 23.8 Å². The van der Waals surface area contributed by atoms with Crippen LogP contribution in [-0.4, -0.2) is 22.9 Å². The Morgan fingerprint density at radius 1 is 1.48 bits per heavy atom. The highest BCUT2D eigenvalue weighted by Crippen LogP contribution is 2.43. The van der Waals surface area contributed by atoms with Gasteiger partial charge in [0.2, 0.25) is 0 Å². The van der Waals surface area contributed by atoms with Crippen LogP contribution in [0.5, 0.6) is 0 Å². The molecular formula is C19H28O2. The number of hydrogen-bond donors (Lipinski definition) is 1. The van der Waals surface area contributed by atoms with Crippen LogP contribution in [0.2, 0.25) is 0 Å². The van der Waals surface area contributed by atoms with Gasteiger partial charge in [0.05, 0.1) is 11.7 Å². The zero-order chi connectivity index (χ0) is 15.5. The second kappa shape index (κ2) is 6.81. The molecule has 116 valence electrons. The molecule has 0 aromatic rings. The molecule has 0 radical (unpaired) electrons. The number of epoxide rings is 1. The normalized spacial score (nSPS) is 39.8. The van der Waals surface area contributed by atoms with Crippen molar-refractivity contribution in [3.8, 4) is 11.8 Å². The molecule has 1 N–H and O–H groups in total. The van der Waals surface area contributed by atoms with Gasteiger partial charge >= 0.3 is 0 Å². The molecule has 2 heteroatoms. The maximum Gasteiger partial charge on any atom is 0.121 e. The highest BCUT2D eigenvalue weighted by Gasteiger charge is 2.50. The number of fused-ring (bicyclic) bond motifs is 1. The molecule has 21 heavy (non-hydrogen) atoms. The quantitative estimate of drug-likeness (QED) is 0.449. The van der Waals surface area contributed by atoms with Crippen molar-refractivity contribution in [2.45, 2.75) is 77.1 Å². The summed E-state index contributed by atoms with van der Waals surface area (Å²) in [5.74, 6) is 6.20. The lowest BCUT2D eigenvalue weighted by Crippen LogP contribution is -2.19. The van der Waals surface area contributed by atoms with E-state index in [9.17, 15) is 5.11 Å². The fourth-order valence-electron chi connectivity index (χ4n) is 3.12. The maximum absolute atomic E-state index is 10.3. The summed E-state index contributed by atoms with van der Waals surface area (Å²) in [7, 11) is 0. The van der Waals surface area contributed by atoms with Crippen molar-refractivity contribution in [1.29, 1.82) is 0 Å². The van der Waals surface area contributed by atoms with E-state index in [4.69, 9.17) is 4.74 Å². The summed E-state index contributed by atoms with van der Waals surface area (Å²) < 4.78 is 5.83. The third-order valence-electron chi connectivity index (χ3n) is 4.81. The predicted octanol–water partition coefficient (Wildman–Crippen LogP) is 4.00. The maximum atomic E-state index is 10.3. The lowest BCUT2D eigenvalue weighted by Gasteiger charge is -2.19. The van der Waals surface area contributed by atoms with E-state index in [0.29, 0.717) is 6.10 Å². The standard InChI is InChI=1S/C19H28O2/c1-14(2)16-12-11-15(3)8-7-13-19(4)18(21-19)10-6-5-9-17(16)20/h8,16-18,20H,1,6-7,10-13H2,2-4H3/b15-8+/t16-,17-,18+,19+/m0/s1. The van der Waals surface area contributed by atoms with Crippen LogP contribution in [-0.2, 0) is 4.74 Å². The van der Waals surface area contributed by atoms with Crippen LogP contribution >= 0.6 is 0 Å². The van der Waals surface area contributed by atoms with Crippen molar-refractivity contribution < 1.29 is 9.84 Å². The first-order valence-corrected chi connectivity index (χ1v) is 8.08. The smallest absolute Gasteiger partial charge is 0.121 e. The number of allylic oxidation sites excluding steroid dienone is 2. The molecule has 0 aromatic carbocycles. The molecule has 0 aromatic heterocycles. The largest absolute Gasteiger partial charge is 0.380 e. The molecule has 1 aliphatic carbocycles. The Kier molecular flexibility index (Phi) is 5.30.